The highest BCUT2D eigenvalue weighted by Gasteiger charge is 2.09. The van der Waals surface area contributed by atoms with Crippen LogP contribution in [0.4, 0.5) is 4.39 Å². The first kappa shape index (κ1) is 10.5. The van der Waals surface area contributed by atoms with Crippen LogP contribution < -0.4 is 0 Å². The average Bonchev–Trinajstić information content (AvgIpc) is 2.65. The molecule has 3 nitrogen and oxygen atoms in total. The highest BCUT2D eigenvalue weighted by Crippen LogP contribution is 2.23. The van der Waals surface area contributed by atoms with Crippen molar-refractivity contribution in [2.45, 2.75) is 6.92 Å². The van der Waals surface area contributed by atoms with Gasteiger partial charge in [0.05, 0.1) is 6.20 Å². The van der Waals surface area contributed by atoms with Gasteiger partial charge in [-0.05, 0) is 25.1 Å². The lowest BCUT2D eigenvalue weighted by atomic mass is 10.0. The van der Waals surface area contributed by atoms with E-state index >= 15 is 0 Å². The Kier molecular flexibility index (Phi) is 2.56. The molecule has 2 rings (SSSR count). The molecular formula is C12H11FN2O. The Bertz CT molecular complexity index is 546. The van der Waals surface area contributed by atoms with Crippen molar-refractivity contribution >= 4 is 5.78 Å². The third-order valence-corrected chi connectivity index (χ3v) is 2.39. The van der Waals surface area contributed by atoms with Gasteiger partial charge < -0.3 is 0 Å². The normalized spacial score (nSPS) is 10.4. The summed E-state index contributed by atoms with van der Waals surface area (Å²) in [5.41, 5.74) is 1.57. The Morgan fingerprint density at radius 3 is 2.75 bits per heavy atom. The maximum atomic E-state index is 13.6. The van der Waals surface area contributed by atoms with Gasteiger partial charge in [0.25, 0.3) is 0 Å². The molecule has 0 saturated heterocycles. The first-order valence-electron chi connectivity index (χ1n) is 4.87. The van der Waals surface area contributed by atoms with Crippen molar-refractivity contribution < 1.29 is 9.18 Å². The molecule has 0 spiro atoms. The summed E-state index contributed by atoms with van der Waals surface area (Å²) >= 11 is 0. The van der Waals surface area contributed by atoms with Crippen LogP contribution in [0.5, 0.6) is 0 Å². The minimum atomic E-state index is -0.349. The number of rotatable bonds is 2. The number of benzene rings is 1. The molecule has 0 N–H and O–H groups in total. The van der Waals surface area contributed by atoms with Gasteiger partial charge in [-0.3, -0.25) is 9.48 Å². The average molecular weight is 218 g/mol. The molecule has 1 heterocycles. The van der Waals surface area contributed by atoms with Crippen molar-refractivity contribution in [3.63, 3.8) is 0 Å². The first-order chi connectivity index (χ1) is 7.58. The minimum Gasteiger partial charge on any atom is -0.295 e. The van der Waals surface area contributed by atoms with Crippen molar-refractivity contribution in [1.29, 1.82) is 0 Å². The molecule has 0 atom stereocenters. The van der Waals surface area contributed by atoms with Crippen molar-refractivity contribution in [3.8, 4) is 11.1 Å². The second-order valence-corrected chi connectivity index (χ2v) is 3.65. The fourth-order valence-corrected chi connectivity index (χ4v) is 1.53. The van der Waals surface area contributed by atoms with Crippen LogP contribution in [0.25, 0.3) is 11.1 Å². The van der Waals surface area contributed by atoms with E-state index in [0.29, 0.717) is 16.7 Å². The third-order valence-electron chi connectivity index (χ3n) is 2.39. The fraction of sp³-hybridized carbons (Fsp3) is 0.167. The molecule has 0 radical (unpaired) electrons. The zero-order chi connectivity index (χ0) is 11.7. The molecule has 0 aliphatic carbocycles. The SMILES string of the molecule is CC(=O)c1ccc(F)c(-c2cnn(C)c2)c1. The quantitative estimate of drug-likeness (QED) is 0.725. The highest BCUT2D eigenvalue weighted by atomic mass is 19.1. The predicted molar refractivity (Wildman–Crippen MR) is 58.6 cm³/mol. The van der Waals surface area contributed by atoms with Gasteiger partial charge in [-0.2, -0.15) is 5.10 Å². The standard InChI is InChI=1S/C12H11FN2O/c1-8(16)9-3-4-12(13)11(5-9)10-6-14-15(2)7-10/h3-7H,1-2H3. The molecule has 1 aromatic heterocycles. The van der Waals surface area contributed by atoms with Crippen LogP contribution in [-0.2, 0) is 7.05 Å². The lowest BCUT2D eigenvalue weighted by molar-refractivity contribution is 0.101. The number of hydrogen-bond donors (Lipinski definition) is 0. The Balaban J connectivity index is 2.55. The second kappa shape index (κ2) is 3.89. The number of hydrogen-bond acceptors (Lipinski definition) is 2. The van der Waals surface area contributed by atoms with E-state index in [2.05, 4.69) is 5.10 Å². The fourth-order valence-electron chi connectivity index (χ4n) is 1.53. The number of aromatic nitrogens is 2. The van der Waals surface area contributed by atoms with Gasteiger partial charge in [-0.15, -0.1) is 0 Å². The highest BCUT2D eigenvalue weighted by molar-refractivity contribution is 5.95. The van der Waals surface area contributed by atoms with E-state index in [0.717, 1.165) is 0 Å². The number of ketones is 1. The van der Waals surface area contributed by atoms with Gasteiger partial charge >= 0.3 is 0 Å². The largest absolute Gasteiger partial charge is 0.295 e. The van der Waals surface area contributed by atoms with E-state index in [1.165, 1.54) is 19.1 Å². The molecule has 0 unspecified atom stereocenters. The van der Waals surface area contributed by atoms with Gasteiger partial charge in [-0.25, -0.2) is 4.39 Å². The summed E-state index contributed by atoms with van der Waals surface area (Å²) in [6.45, 7) is 1.46. The maximum absolute atomic E-state index is 13.6. The van der Waals surface area contributed by atoms with E-state index < -0.39 is 0 Å². The molecule has 16 heavy (non-hydrogen) atoms. The minimum absolute atomic E-state index is 0.0786. The molecule has 82 valence electrons. The molecule has 0 fully saturated rings. The van der Waals surface area contributed by atoms with E-state index in [1.807, 2.05) is 0 Å². The predicted octanol–water partition coefficient (Wildman–Crippen LogP) is 2.43. The summed E-state index contributed by atoms with van der Waals surface area (Å²) in [6, 6.07) is 4.34. The van der Waals surface area contributed by atoms with Gasteiger partial charge in [0.2, 0.25) is 0 Å². The summed E-state index contributed by atoms with van der Waals surface area (Å²) in [6.07, 6.45) is 3.28. The van der Waals surface area contributed by atoms with Crippen LogP contribution in [-0.4, -0.2) is 15.6 Å². The van der Waals surface area contributed by atoms with E-state index in [1.54, 1.807) is 30.2 Å². The Morgan fingerprint density at radius 1 is 1.44 bits per heavy atom. The van der Waals surface area contributed by atoms with E-state index in [4.69, 9.17) is 0 Å². The van der Waals surface area contributed by atoms with E-state index in [9.17, 15) is 9.18 Å². The summed E-state index contributed by atoms with van der Waals surface area (Å²) < 4.78 is 15.2. The number of carbonyl (C=O) groups excluding carboxylic acids is 1. The Labute approximate surface area is 92.5 Å². The third kappa shape index (κ3) is 1.86. The number of aryl methyl sites for hydroxylation is 1. The molecular weight excluding hydrogens is 207 g/mol. The summed E-state index contributed by atoms with van der Waals surface area (Å²) in [5, 5.41) is 3.97. The molecule has 2 aromatic rings. The van der Waals surface area contributed by atoms with Crippen LogP contribution >= 0.6 is 0 Å². The number of nitrogens with zero attached hydrogens (tertiary/aromatic N) is 2. The van der Waals surface area contributed by atoms with Crippen LogP contribution in [0.2, 0.25) is 0 Å². The molecule has 0 aliphatic rings. The first-order valence-corrected chi connectivity index (χ1v) is 4.87. The molecule has 0 aliphatic heterocycles. The molecule has 1 aromatic carbocycles. The second-order valence-electron chi connectivity index (χ2n) is 3.65. The lowest BCUT2D eigenvalue weighted by Crippen LogP contribution is -1.94. The number of halogens is 1. The summed E-state index contributed by atoms with van der Waals surface area (Å²) in [5.74, 6) is -0.428. The van der Waals surface area contributed by atoms with Crippen molar-refractivity contribution in [3.05, 3.63) is 42.0 Å². The van der Waals surface area contributed by atoms with E-state index in [-0.39, 0.29) is 11.6 Å². The molecule has 0 amide bonds. The molecule has 0 saturated carbocycles. The van der Waals surface area contributed by atoms with Gasteiger partial charge in [0.1, 0.15) is 5.82 Å². The smallest absolute Gasteiger partial charge is 0.159 e. The lowest BCUT2D eigenvalue weighted by Gasteiger charge is -2.02. The van der Waals surface area contributed by atoms with Crippen LogP contribution in [0, 0.1) is 5.82 Å². The zero-order valence-corrected chi connectivity index (χ0v) is 9.07. The van der Waals surface area contributed by atoms with Gasteiger partial charge in [0, 0.05) is 29.9 Å². The molecule has 4 heteroatoms. The summed E-state index contributed by atoms with van der Waals surface area (Å²) in [4.78, 5) is 11.2. The van der Waals surface area contributed by atoms with Crippen LogP contribution in [0.1, 0.15) is 17.3 Å². The van der Waals surface area contributed by atoms with Crippen molar-refractivity contribution in [2.75, 3.05) is 0 Å². The Hall–Kier alpha value is -1.97. The summed E-state index contributed by atoms with van der Waals surface area (Å²) in [7, 11) is 1.76. The monoisotopic (exact) mass is 218 g/mol. The number of carbonyl (C=O) groups is 1. The zero-order valence-electron chi connectivity index (χ0n) is 9.07. The van der Waals surface area contributed by atoms with Gasteiger partial charge in [-0.1, -0.05) is 0 Å². The number of Topliss-reactive ketones (excluding diaryl/α,β-unsaturated/α-hetero) is 1. The van der Waals surface area contributed by atoms with Crippen LogP contribution in [0.3, 0.4) is 0 Å². The van der Waals surface area contributed by atoms with Crippen molar-refractivity contribution in [1.82, 2.24) is 9.78 Å². The van der Waals surface area contributed by atoms with Gasteiger partial charge in [0.15, 0.2) is 5.78 Å². The topological polar surface area (TPSA) is 34.9 Å². The van der Waals surface area contributed by atoms with Crippen LogP contribution in [0.15, 0.2) is 30.6 Å². The van der Waals surface area contributed by atoms with Crippen molar-refractivity contribution in [2.24, 2.45) is 7.05 Å². The molecule has 0 bridgehead atoms. The maximum Gasteiger partial charge on any atom is 0.159 e. The Morgan fingerprint density at radius 2 is 2.19 bits per heavy atom.